The third-order valence-electron chi connectivity index (χ3n) is 3.85. The van der Waals surface area contributed by atoms with Gasteiger partial charge in [-0.2, -0.15) is 16.5 Å². The molecule has 0 radical (unpaired) electrons. The highest BCUT2D eigenvalue weighted by Crippen LogP contribution is 2.20. The van der Waals surface area contributed by atoms with E-state index in [2.05, 4.69) is 10.0 Å². The lowest BCUT2D eigenvalue weighted by atomic mass is 10.1. The third-order valence-corrected chi connectivity index (χ3v) is 7.36. The smallest absolute Gasteiger partial charge is 0.250 e. The van der Waals surface area contributed by atoms with E-state index in [-0.39, 0.29) is 10.1 Å². The van der Waals surface area contributed by atoms with Crippen LogP contribution in [0.4, 0.5) is 5.69 Å². The summed E-state index contributed by atoms with van der Waals surface area (Å²) in [5.74, 6) is 0.334. The Hall–Kier alpha value is -1.35. The number of hydrogen-bond acceptors (Lipinski definition) is 5. The fourth-order valence-corrected chi connectivity index (χ4v) is 4.96. The van der Waals surface area contributed by atoms with Crippen LogP contribution in [0.5, 0.6) is 0 Å². The minimum absolute atomic E-state index is 0.209. The van der Waals surface area contributed by atoms with E-state index in [1.807, 2.05) is 38.3 Å². The van der Waals surface area contributed by atoms with Crippen LogP contribution in [0.3, 0.4) is 0 Å². The summed E-state index contributed by atoms with van der Waals surface area (Å²) in [6, 6.07) is 8.03. The molecule has 0 aliphatic rings. The van der Waals surface area contributed by atoms with Gasteiger partial charge in [-0.3, -0.25) is 4.79 Å². The Kier molecular flexibility index (Phi) is 7.06. The maximum Gasteiger partial charge on any atom is 0.250 e. The summed E-state index contributed by atoms with van der Waals surface area (Å²) < 4.78 is 27.7. The number of rotatable bonds is 8. The lowest BCUT2D eigenvalue weighted by Gasteiger charge is -2.19. The largest absolute Gasteiger partial charge is 0.324 e. The molecule has 0 saturated heterocycles. The number of amides is 1. The molecular formula is C17H22N2O3S3. The van der Waals surface area contributed by atoms with Gasteiger partial charge in [-0.05, 0) is 60.9 Å². The van der Waals surface area contributed by atoms with Gasteiger partial charge in [0.2, 0.25) is 5.91 Å². The Morgan fingerprint density at radius 2 is 2.00 bits per heavy atom. The minimum Gasteiger partial charge on any atom is -0.324 e. The van der Waals surface area contributed by atoms with Crippen molar-refractivity contribution < 1.29 is 13.2 Å². The number of aryl methyl sites for hydroxylation is 1. The molecule has 0 aliphatic carbocycles. The van der Waals surface area contributed by atoms with E-state index in [0.717, 1.165) is 22.5 Å². The quantitative estimate of drug-likeness (QED) is 0.715. The van der Waals surface area contributed by atoms with Crippen molar-refractivity contribution in [2.45, 2.75) is 30.5 Å². The molecule has 0 bridgehead atoms. The van der Waals surface area contributed by atoms with Gasteiger partial charge in [-0.25, -0.2) is 8.42 Å². The minimum atomic E-state index is -3.70. The van der Waals surface area contributed by atoms with Gasteiger partial charge in [-0.1, -0.05) is 18.2 Å². The first kappa shape index (κ1) is 20.0. The van der Waals surface area contributed by atoms with Crippen LogP contribution in [0.2, 0.25) is 0 Å². The zero-order chi connectivity index (χ0) is 18.4. The summed E-state index contributed by atoms with van der Waals surface area (Å²) in [4.78, 5) is 12.7. The predicted molar refractivity (Wildman–Crippen MR) is 106 cm³/mol. The summed E-state index contributed by atoms with van der Waals surface area (Å²) in [7, 11) is -3.70. The summed E-state index contributed by atoms with van der Waals surface area (Å²) in [6.07, 6.45) is 2.34. The highest BCUT2D eigenvalue weighted by atomic mass is 32.2. The van der Waals surface area contributed by atoms with Crippen molar-refractivity contribution in [3.63, 3.8) is 0 Å². The molecule has 1 aromatic heterocycles. The second-order valence-corrected chi connectivity index (χ2v) is 9.50. The van der Waals surface area contributed by atoms with E-state index < -0.39 is 16.1 Å². The molecule has 5 nitrogen and oxygen atoms in total. The molecule has 0 aliphatic heterocycles. The fourth-order valence-electron chi connectivity index (χ4n) is 2.25. The van der Waals surface area contributed by atoms with Crippen LogP contribution in [0.15, 0.2) is 39.9 Å². The van der Waals surface area contributed by atoms with Crippen molar-refractivity contribution in [2.24, 2.45) is 0 Å². The molecule has 1 heterocycles. The number of thiophene rings is 1. The zero-order valence-electron chi connectivity index (χ0n) is 14.4. The summed E-state index contributed by atoms with van der Waals surface area (Å²) in [5, 5.41) is 4.55. The summed E-state index contributed by atoms with van der Waals surface area (Å²) in [5.41, 5.74) is 2.74. The Labute approximate surface area is 157 Å². The van der Waals surface area contributed by atoms with Crippen LogP contribution < -0.4 is 10.0 Å². The SMILES string of the molecule is CSCC[C@H](NS(=O)(=O)c1cccs1)C(=O)Nc1cccc(C)c1C. The van der Waals surface area contributed by atoms with Crippen LogP contribution >= 0.6 is 23.1 Å². The van der Waals surface area contributed by atoms with Crippen molar-refractivity contribution >= 4 is 44.7 Å². The van der Waals surface area contributed by atoms with Crippen molar-refractivity contribution in [3.8, 4) is 0 Å². The molecule has 1 atom stereocenters. The Morgan fingerprint density at radius 1 is 1.24 bits per heavy atom. The molecule has 1 amide bonds. The second-order valence-electron chi connectivity index (χ2n) is 5.62. The first-order valence-corrected chi connectivity index (χ1v) is 11.5. The van der Waals surface area contributed by atoms with Gasteiger partial charge in [-0.15, -0.1) is 11.3 Å². The molecule has 136 valence electrons. The van der Waals surface area contributed by atoms with Gasteiger partial charge < -0.3 is 5.32 Å². The first-order valence-electron chi connectivity index (χ1n) is 7.77. The Balaban J connectivity index is 2.18. The first-order chi connectivity index (χ1) is 11.8. The zero-order valence-corrected chi connectivity index (χ0v) is 16.9. The lowest BCUT2D eigenvalue weighted by molar-refractivity contribution is -0.117. The van der Waals surface area contributed by atoms with E-state index in [4.69, 9.17) is 0 Å². The molecular weight excluding hydrogens is 376 g/mol. The van der Waals surface area contributed by atoms with Gasteiger partial charge in [0, 0.05) is 5.69 Å². The third kappa shape index (κ3) is 5.31. The maximum absolute atomic E-state index is 12.7. The molecule has 0 saturated carbocycles. The Bertz CT molecular complexity index is 818. The number of benzene rings is 1. The van der Waals surface area contributed by atoms with E-state index in [0.29, 0.717) is 17.9 Å². The Morgan fingerprint density at radius 3 is 2.64 bits per heavy atom. The van der Waals surface area contributed by atoms with Crippen molar-refractivity contribution in [1.29, 1.82) is 0 Å². The lowest BCUT2D eigenvalue weighted by Crippen LogP contribution is -2.44. The number of carbonyl (C=O) groups is 1. The average molecular weight is 399 g/mol. The number of nitrogens with one attached hydrogen (secondary N) is 2. The molecule has 2 rings (SSSR count). The monoisotopic (exact) mass is 398 g/mol. The molecule has 0 unspecified atom stereocenters. The van der Waals surface area contributed by atoms with E-state index in [1.54, 1.807) is 23.2 Å². The van der Waals surface area contributed by atoms with E-state index in [9.17, 15) is 13.2 Å². The number of sulfonamides is 1. The van der Waals surface area contributed by atoms with Crippen molar-refractivity contribution in [2.75, 3.05) is 17.3 Å². The molecule has 0 fully saturated rings. The van der Waals surface area contributed by atoms with Crippen LogP contribution in [0.25, 0.3) is 0 Å². The number of anilines is 1. The standard InChI is InChI=1S/C17H22N2O3S3/c1-12-6-4-7-14(13(12)2)18-17(20)15(9-11-23-3)19-25(21,22)16-8-5-10-24-16/h4-8,10,15,19H,9,11H2,1-3H3,(H,18,20)/t15-/m0/s1. The van der Waals surface area contributed by atoms with Gasteiger partial charge in [0.25, 0.3) is 10.0 Å². The van der Waals surface area contributed by atoms with Crippen LogP contribution in [0.1, 0.15) is 17.5 Å². The fraction of sp³-hybridized carbons (Fsp3) is 0.353. The maximum atomic E-state index is 12.7. The number of thioether (sulfide) groups is 1. The van der Waals surface area contributed by atoms with E-state index >= 15 is 0 Å². The average Bonchev–Trinajstić information content (AvgIpc) is 3.11. The molecule has 25 heavy (non-hydrogen) atoms. The van der Waals surface area contributed by atoms with Crippen LogP contribution in [-0.2, 0) is 14.8 Å². The highest BCUT2D eigenvalue weighted by Gasteiger charge is 2.26. The topological polar surface area (TPSA) is 75.3 Å². The number of hydrogen-bond donors (Lipinski definition) is 2. The van der Waals surface area contributed by atoms with Gasteiger partial charge >= 0.3 is 0 Å². The summed E-state index contributed by atoms with van der Waals surface area (Å²) in [6.45, 7) is 3.90. The number of carbonyl (C=O) groups excluding carboxylic acids is 1. The molecule has 0 spiro atoms. The highest BCUT2D eigenvalue weighted by molar-refractivity contribution is 7.98. The van der Waals surface area contributed by atoms with E-state index in [1.165, 1.54) is 6.07 Å². The van der Waals surface area contributed by atoms with Gasteiger partial charge in [0.15, 0.2) is 0 Å². The molecule has 1 aromatic carbocycles. The second kappa shape index (κ2) is 8.84. The van der Waals surface area contributed by atoms with Crippen molar-refractivity contribution in [3.05, 3.63) is 46.8 Å². The summed E-state index contributed by atoms with van der Waals surface area (Å²) >= 11 is 2.70. The molecule has 2 N–H and O–H groups in total. The van der Waals surface area contributed by atoms with Crippen LogP contribution in [-0.4, -0.2) is 32.4 Å². The van der Waals surface area contributed by atoms with Gasteiger partial charge in [0.1, 0.15) is 10.3 Å². The molecule has 2 aromatic rings. The van der Waals surface area contributed by atoms with Crippen LogP contribution in [0, 0.1) is 13.8 Å². The normalized spacial score (nSPS) is 12.8. The van der Waals surface area contributed by atoms with Crippen molar-refractivity contribution in [1.82, 2.24) is 4.72 Å². The predicted octanol–water partition coefficient (Wildman–Crippen LogP) is 3.40. The van der Waals surface area contributed by atoms with Gasteiger partial charge in [0.05, 0.1) is 0 Å². The molecule has 8 heteroatoms.